The van der Waals surface area contributed by atoms with Crippen molar-refractivity contribution < 1.29 is 13.5 Å². The number of aryl methyl sites for hydroxylation is 1. The van der Waals surface area contributed by atoms with Gasteiger partial charge in [-0.2, -0.15) is 8.78 Å². The van der Waals surface area contributed by atoms with E-state index in [1.54, 1.807) is 29.0 Å². The zero-order valence-corrected chi connectivity index (χ0v) is 10.3. The van der Waals surface area contributed by atoms with E-state index in [1.165, 1.54) is 12.1 Å². The van der Waals surface area contributed by atoms with Gasteiger partial charge >= 0.3 is 6.61 Å². The topological polar surface area (TPSA) is 31.2 Å². The first-order valence-corrected chi connectivity index (χ1v) is 5.75. The molecule has 1 aromatic carbocycles. The van der Waals surface area contributed by atoms with Crippen LogP contribution >= 0.6 is 0 Å². The van der Waals surface area contributed by atoms with Crippen LogP contribution in [0.4, 0.5) is 8.78 Å². The number of pyridine rings is 1. The standard InChI is InChI=1S/C14H13F2NO2/c1-10-6-7-17(13(18)8-10)9-11-2-4-12(5-3-11)19-14(15)16/h2-8,14H,9H2,1H3. The second-order valence-electron chi connectivity index (χ2n) is 4.19. The number of aromatic nitrogens is 1. The van der Waals surface area contributed by atoms with Crippen LogP contribution in [-0.2, 0) is 6.54 Å². The van der Waals surface area contributed by atoms with Crippen LogP contribution in [0, 0.1) is 6.92 Å². The van der Waals surface area contributed by atoms with E-state index in [-0.39, 0.29) is 11.3 Å². The van der Waals surface area contributed by atoms with Gasteiger partial charge in [-0.1, -0.05) is 12.1 Å². The summed E-state index contributed by atoms with van der Waals surface area (Å²) in [5, 5.41) is 0. The van der Waals surface area contributed by atoms with Gasteiger partial charge in [0.1, 0.15) is 5.75 Å². The molecule has 0 unspecified atom stereocenters. The van der Waals surface area contributed by atoms with Gasteiger partial charge in [-0.05, 0) is 36.2 Å². The molecule has 0 aliphatic rings. The molecule has 3 nitrogen and oxygen atoms in total. The summed E-state index contributed by atoms with van der Waals surface area (Å²) in [6.07, 6.45) is 1.71. The van der Waals surface area contributed by atoms with Gasteiger partial charge in [0, 0.05) is 12.3 Å². The van der Waals surface area contributed by atoms with Crippen molar-refractivity contribution in [2.75, 3.05) is 0 Å². The Balaban J connectivity index is 2.13. The van der Waals surface area contributed by atoms with Gasteiger partial charge in [-0.15, -0.1) is 0 Å². The normalized spacial score (nSPS) is 10.7. The fraction of sp³-hybridized carbons (Fsp3) is 0.214. The highest BCUT2D eigenvalue weighted by Gasteiger charge is 2.04. The van der Waals surface area contributed by atoms with Crippen molar-refractivity contribution in [2.24, 2.45) is 0 Å². The van der Waals surface area contributed by atoms with E-state index in [1.807, 2.05) is 13.0 Å². The van der Waals surface area contributed by atoms with E-state index in [9.17, 15) is 13.6 Å². The van der Waals surface area contributed by atoms with Crippen molar-refractivity contribution in [3.05, 3.63) is 64.1 Å². The van der Waals surface area contributed by atoms with E-state index in [0.29, 0.717) is 6.54 Å². The molecule has 0 radical (unpaired) electrons. The minimum Gasteiger partial charge on any atom is -0.435 e. The van der Waals surface area contributed by atoms with Crippen LogP contribution in [0.15, 0.2) is 47.4 Å². The molecule has 0 N–H and O–H groups in total. The highest BCUT2D eigenvalue weighted by molar-refractivity contribution is 5.27. The molecule has 0 aliphatic heterocycles. The van der Waals surface area contributed by atoms with Crippen molar-refractivity contribution >= 4 is 0 Å². The SMILES string of the molecule is Cc1ccn(Cc2ccc(OC(F)F)cc2)c(=O)c1. The molecular weight excluding hydrogens is 252 g/mol. The summed E-state index contributed by atoms with van der Waals surface area (Å²) < 4.78 is 29.8. The zero-order valence-electron chi connectivity index (χ0n) is 10.3. The smallest absolute Gasteiger partial charge is 0.387 e. The number of nitrogens with zero attached hydrogens (tertiary/aromatic N) is 1. The molecule has 19 heavy (non-hydrogen) atoms. The lowest BCUT2D eigenvalue weighted by Gasteiger charge is -2.08. The third kappa shape index (κ3) is 3.64. The lowest BCUT2D eigenvalue weighted by molar-refractivity contribution is -0.0498. The molecule has 5 heteroatoms. The first-order chi connectivity index (χ1) is 9.04. The van der Waals surface area contributed by atoms with Crippen molar-refractivity contribution in [1.82, 2.24) is 4.57 Å². The van der Waals surface area contributed by atoms with Gasteiger partial charge in [-0.3, -0.25) is 4.79 Å². The Kier molecular flexibility index (Phi) is 3.94. The van der Waals surface area contributed by atoms with Crippen molar-refractivity contribution in [2.45, 2.75) is 20.1 Å². The molecule has 1 aromatic heterocycles. The van der Waals surface area contributed by atoms with E-state index >= 15 is 0 Å². The Hall–Kier alpha value is -2.17. The van der Waals surface area contributed by atoms with Gasteiger partial charge in [0.15, 0.2) is 0 Å². The minimum absolute atomic E-state index is 0.0899. The predicted octanol–water partition coefficient (Wildman–Crippen LogP) is 2.81. The zero-order chi connectivity index (χ0) is 13.8. The van der Waals surface area contributed by atoms with Crippen molar-refractivity contribution in [3.63, 3.8) is 0 Å². The van der Waals surface area contributed by atoms with Crippen LogP contribution in [-0.4, -0.2) is 11.2 Å². The van der Waals surface area contributed by atoms with E-state index in [0.717, 1.165) is 11.1 Å². The quantitative estimate of drug-likeness (QED) is 0.851. The second kappa shape index (κ2) is 5.65. The molecule has 0 amide bonds. The number of halogens is 2. The van der Waals surface area contributed by atoms with E-state index in [2.05, 4.69) is 4.74 Å². The Bertz CT molecular complexity index is 606. The molecule has 0 spiro atoms. The van der Waals surface area contributed by atoms with Crippen LogP contribution in [0.25, 0.3) is 0 Å². The number of hydrogen-bond acceptors (Lipinski definition) is 2. The summed E-state index contributed by atoms with van der Waals surface area (Å²) in [5.74, 6) is 0.106. The number of ether oxygens (including phenoxy) is 1. The lowest BCUT2D eigenvalue weighted by Crippen LogP contribution is -2.19. The van der Waals surface area contributed by atoms with Gasteiger partial charge in [0.25, 0.3) is 5.56 Å². The molecule has 0 saturated heterocycles. The average Bonchev–Trinajstić information content (AvgIpc) is 2.34. The summed E-state index contributed by atoms with van der Waals surface area (Å²) in [6, 6.07) is 9.62. The molecule has 0 fully saturated rings. The summed E-state index contributed by atoms with van der Waals surface area (Å²) in [6.45, 7) is -0.582. The maximum atomic E-state index is 12.0. The van der Waals surface area contributed by atoms with Crippen LogP contribution in [0.5, 0.6) is 5.75 Å². The molecule has 1 heterocycles. The first-order valence-electron chi connectivity index (χ1n) is 5.75. The van der Waals surface area contributed by atoms with Gasteiger partial charge < -0.3 is 9.30 Å². The summed E-state index contributed by atoms with van der Waals surface area (Å²) in [7, 11) is 0. The maximum absolute atomic E-state index is 12.0. The molecule has 2 rings (SSSR count). The molecule has 2 aromatic rings. The van der Waals surface area contributed by atoms with Crippen molar-refractivity contribution in [1.29, 1.82) is 0 Å². The van der Waals surface area contributed by atoms with Gasteiger partial charge in [-0.25, -0.2) is 0 Å². The summed E-state index contributed by atoms with van der Waals surface area (Å²) in [4.78, 5) is 11.7. The Morgan fingerprint density at radius 3 is 2.47 bits per heavy atom. The molecule has 0 bridgehead atoms. The fourth-order valence-corrected chi connectivity index (χ4v) is 1.71. The van der Waals surface area contributed by atoms with Crippen LogP contribution < -0.4 is 10.3 Å². The Morgan fingerprint density at radius 1 is 1.21 bits per heavy atom. The summed E-state index contributed by atoms with van der Waals surface area (Å²) in [5.41, 5.74) is 1.66. The number of benzene rings is 1. The number of alkyl halides is 2. The molecule has 0 aliphatic carbocycles. The maximum Gasteiger partial charge on any atom is 0.387 e. The third-order valence-corrected chi connectivity index (χ3v) is 2.65. The minimum atomic E-state index is -2.83. The van der Waals surface area contributed by atoms with E-state index in [4.69, 9.17) is 0 Å². The molecule has 100 valence electrons. The monoisotopic (exact) mass is 265 g/mol. The fourth-order valence-electron chi connectivity index (χ4n) is 1.71. The van der Waals surface area contributed by atoms with Gasteiger partial charge in [0.05, 0.1) is 6.54 Å². The highest BCUT2D eigenvalue weighted by atomic mass is 19.3. The summed E-state index contributed by atoms with van der Waals surface area (Å²) >= 11 is 0. The number of hydrogen-bond donors (Lipinski definition) is 0. The molecule has 0 atom stereocenters. The Labute approximate surface area is 109 Å². The molecule has 0 saturated carbocycles. The average molecular weight is 265 g/mol. The number of rotatable bonds is 4. The highest BCUT2D eigenvalue weighted by Crippen LogP contribution is 2.15. The predicted molar refractivity (Wildman–Crippen MR) is 67.6 cm³/mol. The lowest BCUT2D eigenvalue weighted by atomic mass is 10.2. The van der Waals surface area contributed by atoms with Gasteiger partial charge in [0.2, 0.25) is 0 Å². The second-order valence-corrected chi connectivity index (χ2v) is 4.19. The largest absolute Gasteiger partial charge is 0.435 e. The van der Waals surface area contributed by atoms with Crippen LogP contribution in [0.1, 0.15) is 11.1 Å². The van der Waals surface area contributed by atoms with Crippen LogP contribution in [0.3, 0.4) is 0 Å². The van der Waals surface area contributed by atoms with E-state index < -0.39 is 6.61 Å². The molecular formula is C14H13F2NO2. The Morgan fingerprint density at radius 2 is 1.89 bits per heavy atom. The van der Waals surface area contributed by atoms with Crippen molar-refractivity contribution in [3.8, 4) is 5.75 Å². The van der Waals surface area contributed by atoms with Crippen LogP contribution in [0.2, 0.25) is 0 Å². The first kappa shape index (κ1) is 13.3. The third-order valence-electron chi connectivity index (χ3n) is 2.65.